The third-order valence-corrected chi connectivity index (χ3v) is 2.11. The summed E-state index contributed by atoms with van der Waals surface area (Å²) in [5.74, 6) is -2.29. The molecule has 0 N–H and O–H groups in total. The number of halogens is 1. The number of cyclic esters (lactones) is 1. The van der Waals surface area contributed by atoms with Crippen LogP contribution in [0.5, 0.6) is 0 Å². The summed E-state index contributed by atoms with van der Waals surface area (Å²) in [6.45, 7) is 0.282. The lowest BCUT2D eigenvalue weighted by Crippen LogP contribution is -2.45. The summed E-state index contributed by atoms with van der Waals surface area (Å²) in [6.07, 6.45) is 0. The molecule has 1 aliphatic heterocycles. The van der Waals surface area contributed by atoms with Crippen molar-refractivity contribution in [1.29, 1.82) is 0 Å². The number of esters is 1. The summed E-state index contributed by atoms with van der Waals surface area (Å²) in [5, 5.41) is 0. The van der Waals surface area contributed by atoms with Crippen LogP contribution in [0.3, 0.4) is 0 Å². The minimum Gasteiger partial charge on any atom is -0.457 e. The van der Waals surface area contributed by atoms with Gasteiger partial charge in [-0.1, -0.05) is 12.1 Å². The second kappa shape index (κ2) is 3.68. The van der Waals surface area contributed by atoms with Crippen LogP contribution < -0.4 is 4.90 Å². The van der Waals surface area contributed by atoms with Gasteiger partial charge in [0.15, 0.2) is 0 Å². The molecule has 15 heavy (non-hydrogen) atoms. The zero-order chi connectivity index (χ0) is 10.8. The summed E-state index contributed by atoms with van der Waals surface area (Å²) in [6, 6.07) is 5.81. The smallest absolute Gasteiger partial charge is 0.397 e. The Bertz CT molecular complexity index is 419. The van der Waals surface area contributed by atoms with Crippen molar-refractivity contribution in [3.63, 3.8) is 0 Å². The number of morpholine rings is 1. The normalized spacial score (nSPS) is 16.5. The van der Waals surface area contributed by atoms with Crippen molar-refractivity contribution >= 4 is 17.6 Å². The number of carbonyl (C=O) groups is 2. The molecule has 0 radical (unpaired) electrons. The maximum absolute atomic E-state index is 13.3. The Morgan fingerprint density at radius 3 is 2.73 bits per heavy atom. The van der Waals surface area contributed by atoms with E-state index in [1.807, 2.05) is 0 Å². The van der Waals surface area contributed by atoms with Crippen molar-refractivity contribution in [2.45, 2.75) is 0 Å². The summed E-state index contributed by atoms with van der Waals surface area (Å²) in [5.41, 5.74) is 0.110. The van der Waals surface area contributed by atoms with Crippen LogP contribution in [0.4, 0.5) is 10.1 Å². The number of hydrogen-bond acceptors (Lipinski definition) is 3. The van der Waals surface area contributed by atoms with Crippen molar-refractivity contribution in [1.82, 2.24) is 0 Å². The van der Waals surface area contributed by atoms with Crippen LogP contribution in [0, 0.1) is 5.82 Å². The highest BCUT2D eigenvalue weighted by molar-refractivity contribution is 6.38. The molecule has 0 saturated carbocycles. The number of hydrogen-bond donors (Lipinski definition) is 0. The van der Waals surface area contributed by atoms with Crippen LogP contribution in [-0.4, -0.2) is 25.0 Å². The fraction of sp³-hybridized carbons (Fsp3) is 0.200. The average Bonchev–Trinajstić information content (AvgIpc) is 2.23. The van der Waals surface area contributed by atoms with Crippen LogP contribution in [0.15, 0.2) is 24.3 Å². The third-order valence-electron chi connectivity index (χ3n) is 2.11. The molecule has 0 unspecified atom stereocenters. The van der Waals surface area contributed by atoms with E-state index in [4.69, 9.17) is 0 Å². The highest BCUT2D eigenvalue weighted by Gasteiger charge is 2.30. The van der Waals surface area contributed by atoms with Gasteiger partial charge in [-0.3, -0.25) is 9.69 Å². The highest BCUT2D eigenvalue weighted by Crippen LogP contribution is 2.20. The lowest BCUT2D eigenvalue weighted by molar-refractivity contribution is -0.156. The molecule has 1 amide bonds. The van der Waals surface area contributed by atoms with Gasteiger partial charge in [0.1, 0.15) is 12.4 Å². The molecule has 1 heterocycles. The first-order chi connectivity index (χ1) is 7.20. The van der Waals surface area contributed by atoms with Gasteiger partial charge in [0.2, 0.25) is 0 Å². The van der Waals surface area contributed by atoms with Gasteiger partial charge in [0.05, 0.1) is 12.2 Å². The largest absolute Gasteiger partial charge is 0.457 e. The fourth-order valence-electron chi connectivity index (χ4n) is 1.40. The summed E-state index contributed by atoms with van der Waals surface area (Å²) >= 11 is 0. The Morgan fingerprint density at radius 2 is 2.00 bits per heavy atom. The van der Waals surface area contributed by atoms with E-state index in [9.17, 15) is 14.0 Å². The molecule has 1 aromatic carbocycles. The second-order valence-electron chi connectivity index (χ2n) is 3.04. The number of amides is 1. The maximum Gasteiger partial charge on any atom is 0.397 e. The van der Waals surface area contributed by atoms with E-state index in [1.165, 1.54) is 18.2 Å². The number of carbonyl (C=O) groups excluding carboxylic acids is 2. The van der Waals surface area contributed by atoms with Gasteiger partial charge in [0.25, 0.3) is 0 Å². The predicted molar refractivity (Wildman–Crippen MR) is 49.7 cm³/mol. The first-order valence-corrected chi connectivity index (χ1v) is 4.43. The van der Waals surface area contributed by atoms with Gasteiger partial charge >= 0.3 is 11.9 Å². The Morgan fingerprint density at radius 1 is 1.27 bits per heavy atom. The van der Waals surface area contributed by atoms with Crippen molar-refractivity contribution in [3.8, 4) is 0 Å². The first-order valence-electron chi connectivity index (χ1n) is 4.43. The third kappa shape index (κ3) is 1.68. The lowest BCUT2D eigenvalue weighted by Gasteiger charge is -2.25. The molecule has 1 aliphatic rings. The van der Waals surface area contributed by atoms with Crippen molar-refractivity contribution in [2.75, 3.05) is 18.1 Å². The van der Waals surface area contributed by atoms with Gasteiger partial charge in [-0.25, -0.2) is 9.18 Å². The predicted octanol–water partition coefficient (Wildman–Crippen LogP) is 0.716. The highest BCUT2D eigenvalue weighted by atomic mass is 19.1. The topological polar surface area (TPSA) is 46.6 Å². The molecule has 78 valence electrons. The van der Waals surface area contributed by atoms with E-state index in [1.54, 1.807) is 6.07 Å². The monoisotopic (exact) mass is 209 g/mol. The number of para-hydroxylation sites is 1. The fourth-order valence-corrected chi connectivity index (χ4v) is 1.40. The van der Waals surface area contributed by atoms with Crippen molar-refractivity contribution in [3.05, 3.63) is 30.1 Å². The van der Waals surface area contributed by atoms with Gasteiger partial charge in [-0.15, -0.1) is 0 Å². The summed E-state index contributed by atoms with van der Waals surface area (Å²) in [4.78, 5) is 23.4. The van der Waals surface area contributed by atoms with Gasteiger partial charge in [-0.2, -0.15) is 0 Å². The Balaban J connectivity index is 2.34. The van der Waals surface area contributed by atoms with E-state index in [-0.39, 0.29) is 18.8 Å². The molecular formula is C10H8FNO3. The van der Waals surface area contributed by atoms with Crippen LogP contribution in [-0.2, 0) is 14.3 Å². The molecule has 0 bridgehead atoms. The lowest BCUT2D eigenvalue weighted by atomic mass is 10.2. The van der Waals surface area contributed by atoms with E-state index >= 15 is 0 Å². The maximum atomic E-state index is 13.3. The van der Waals surface area contributed by atoms with Gasteiger partial charge < -0.3 is 4.74 Å². The van der Waals surface area contributed by atoms with Crippen LogP contribution in [0.1, 0.15) is 0 Å². The Hall–Kier alpha value is -1.91. The average molecular weight is 209 g/mol. The SMILES string of the molecule is O=C1OCCN(c2ccccc2F)C1=O. The number of benzene rings is 1. The van der Waals surface area contributed by atoms with E-state index < -0.39 is 17.7 Å². The number of nitrogens with zero attached hydrogens (tertiary/aromatic N) is 1. The second-order valence-corrected chi connectivity index (χ2v) is 3.04. The molecule has 0 spiro atoms. The quantitative estimate of drug-likeness (QED) is 0.505. The molecule has 0 aliphatic carbocycles. The number of rotatable bonds is 1. The van der Waals surface area contributed by atoms with Gasteiger partial charge in [0, 0.05) is 0 Å². The Labute approximate surface area is 85.2 Å². The van der Waals surface area contributed by atoms with Crippen LogP contribution in [0.2, 0.25) is 0 Å². The molecule has 0 aromatic heterocycles. The molecule has 1 aromatic rings. The minimum atomic E-state index is -0.940. The summed E-state index contributed by atoms with van der Waals surface area (Å²) < 4.78 is 17.9. The Kier molecular flexibility index (Phi) is 2.37. The molecule has 1 saturated heterocycles. The molecule has 2 rings (SSSR count). The standard InChI is InChI=1S/C10H8FNO3/c11-7-3-1-2-4-8(7)12-5-6-15-10(14)9(12)13/h1-4H,5-6H2. The number of ether oxygens (including phenoxy) is 1. The molecule has 1 fully saturated rings. The molecule has 0 atom stereocenters. The summed E-state index contributed by atoms with van der Waals surface area (Å²) in [7, 11) is 0. The molecular weight excluding hydrogens is 201 g/mol. The minimum absolute atomic E-state index is 0.0961. The zero-order valence-electron chi connectivity index (χ0n) is 7.77. The molecule has 4 nitrogen and oxygen atoms in total. The van der Waals surface area contributed by atoms with Crippen LogP contribution >= 0.6 is 0 Å². The van der Waals surface area contributed by atoms with Crippen molar-refractivity contribution in [2.24, 2.45) is 0 Å². The number of anilines is 1. The van der Waals surface area contributed by atoms with E-state index in [2.05, 4.69) is 4.74 Å². The van der Waals surface area contributed by atoms with Gasteiger partial charge in [-0.05, 0) is 12.1 Å². The van der Waals surface area contributed by atoms with E-state index in [0.717, 1.165) is 4.90 Å². The molecule has 5 heteroatoms. The van der Waals surface area contributed by atoms with Crippen LogP contribution in [0.25, 0.3) is 0 Å². The first kappa shape index (κ1) is 9.64. The van der Waals surface area contributed by atoms with Crippen molar-refractivity contribution < 1.29 is 18.7 Å². The zero-order valence-corrected chi connectivity index (χ0v) is 7.77. The van der Waals surface area contributed by atoms with E-state index in [0.29, 0.717) is 0 Å².